The molecule has 2 fully saturated rings. The van der Waals surface area contributed by atoms with Gasteiger partial charge in [0.05, 0.1) is 11.2 Å². The average Bonchev–Trinajstić information content (AvgIpc) is 3.00. The number of nitrogens with zero attached hydrogens (tertiary/aromatic N) is 1. The molecule has 0 radical (unpaired) electrons. The fraction of sp³-hybridized carbons (Fsp3) is 0.500. The van der Waals surface area contributed by atoms with Crippen LogP contribution < -0.4 is 10.8 Å². The minimum atomic E-state index is -9.68. The molecular formula is C24H31BF5N2O3S2-. The molecule has 0 atom stereocenters. The molecule has 0 unspecified atom stereocenters. The van der Waals surface area contributed by atoms with E-state index in [1.807, 2.05) is 39.8 Å². The molecule has 0 aromatic heterocycles. The van der Waals surface area contributed by atoms with Crippen LogP contribution in [-0.4, -0.2) is 29.6 Å². The molecule has 0 bridgehead atoms. The van der Waals surface area contributed by atoms with Crippen LogP contribution in [0, 0.1) is 0 Å². The van der Waals surface area contributed by atoms with Crippen LogP contribution in [0.15, 0.2) is 57.8 Å². The van der Waals surface area contributed by atoms with E-state index < -0.39 is 44.0 Å². The summed E-state index contributed by atoms with van der Waals surface area (Å²) in [6.07, 6.45) is 2.50. The fourth-order valence-corrected chi connectivity index (χ4v) is 6.11. The normalized spacial score (nSPS) is 26.4. The summed E-state index contributed by atoms with van der Waals surface area (Å²) in [5.74, 6) is 0. The van der Waals surface area contributed by atoms with Gasteiger partial charge in [-0.25, -0.2) is 0 Å². The predicted molar refractivity (Wildman–Crippen MR) is 140 cm³/mol. The highest BCUT2D eigenvalue weighted by molar-refractivity contribution is 8.45. The van der Waals surface area contributed by atoms with Crippen LogP contribution in [0.2, 0.25) is 0 Å². The molecule has 1 saturated heterocycles. The number of benzene rings is 2. The van der Waals surface area contributed by atoms with Crippen LogP contribution in [0.1, 0.15) is 53.4 Å². The van der Waals surface area contributed by atoms with Crippen molar-refractivity contribution in [3.63, 3.8) is 0 Å². The van der Waals surface area contributed by atoms with Gasteiger partial charge in [-0.05, 0) is 82.4 Å². The first-order chi connectivity index (χ1) is 16.8. The SMILES string of the molecule is CC1(C)OB(c2ccc(N=[S-](=O)C3CCC(Nc4ccc(S(F)(F)(F)(F)F)cc4)CC3)cc2)OC1(C)C. The molecular weight excluding hydrogens is 534 g/mol. The van der Waals surface area contributed by atoms with Crippen LogP contribution in [0.3, 0.4) is 0 Å². The Balaban J connectivity index is 1.31. The molecule has 1 aliphatic heterocycles. The lowest BCUT2D eigenvalue weighted by molar-refractivity contribution is 0.00578. The molecule has 1 aliphatic carbocycles. The van der Waals surface area contributed by atoms with Gasteiger partial charge in [0.2, 0.25) is 0 Å². The summed E-state index contributed by atoms with van der Waals surface area (Å²) in [7, 11) is -11.6. The molecule has 2 aromatic carbocycles. The topological polar surface area (TPSA) is 59.9 Å². The van der Waals surface area contributed by atoms with Gasteiger partial charge in [-0.15, -0.1) is 0 Å². The van der Waals surface area contributed by atoms with Gasteiger partial charge in [-0.3, -0.25) is 0 Å². The quantitative estimate of drug-likeness (QED) is 0.220. The summed E-state index contributed by atoms with van der Waals surface area (Å²) in [6, 6.07) is 10.0. The van der Waals surface area contributed by atoms with Crippen molar-refractivity contribution in [3.05, 3.63) is 48.5 Å². The number of nitrogens with one attached hydrogen (secondary N) is 1. The minimum Gasteiger partial charge on any atom is -0.444 e. The zero-order valence-corrected chi connectivity index (χ0v) is 22.7. The van der Waals surface area contributed by atoms with E-state index in [1.165, 1.54) is 0 Å². The highest BCUT2D eigenvalue weighted by Gasteiger charge is 2.65. The third-order valence-electron chi connectivity index (χ3n) is 7.24. The van der Waals surface area contributed by atoms with Crippen LogP contribution in [0.5, 0.6) is 0 Å². The Labute approximate surface area is 216 Å². The minimum absolute atomic E-state index is 0.0572. The summed E-state index contributed by atoms with van der Waals surface area (Å²) in [4.78, 5) is -1.91. The van der Waals surface area contributed by atoms with Crippen molar-refractivity contribution in [2.45, 2.75) is 80.8 Å². The Hall–Kier alpha value is -1.83. The summed E-state index contributed by atoms with van der Waals surface area (Å²) in [6.45, 7) is 7.93. The Morgan fingerprint density at radius 1 is 0.865 bits per heavy atom. The third-order valence-corrected chi connectivity index (χ3v) is 9.84. The van der Waals surface area contributed by atoms with E-state index in [0.717, 1.165) is 17.6 Å². The molecule has 5 nitrogen and oxygen atoms in total. The van der Waals surface area contributed by atoms with Crippen molar-refractivity contribution in [3.8, 4) is 0 Å². The molecule has 206 valence electrons. The third kappa shape index (κ3) is 6.61. The molecule has 0 amide bonds. The highest BCUT2D eigenvalue weighted by atomic mass is 32.5. The summed E-state index contributed by atoms with van der Waals surface area (Å²) < 4.78 is 93.7. The standard InChI is InChI=1S/C24H31BF5N2O3S2/c1-23(2)24(3,4)35-25(34-23)17-5-7-20(8-6-17)32-36(33)21-13-9-18(10-14-21)31-19-11-15-22(16-12-19)37(26,27,28,29)30/h5-8,11-12,15-16,18,21,31H,9-10,13-14H2,1-4H3/q-1. The monoisotopic (exact) mass is 565 g/mol. The molecule has 37 heavy (non-hydrogen) atoms. The number of hydrogen-bond donors (Lipinski definition) is 1. The van der Waals surface area contributed by atoms with Crippen molar-refractivity contribution >= 4 is 44.8 Å². The Morgan fingerprint density at radius 3 is 1.86 bits per heavy atom. The summed E-state index contributed by atoms with van der Waals surface area (Å²) in [5, 5.41) is 2.94. The number of halogens is 5. The smallest absolute Gasteiger partial charge is 0.444 e. The van der Waals surface area contributed by atoms with Gasteiger partial charge < -0.3 is 23.2 Å². The lowest BCUT2D eigenvalue weighted by Gasteiger charge is -2.40. The second-order valence-electron chi connectivity index (χ2n) is 10.7. The molecule has 1 N–H and O–H groups in total. The van der Waals surface area contributed by atoms with E-state index in [1.54, 1.807) is 12.1 Å². The predicted octanol–water partition coefficient (Wildman–Crippen LogP) is 7.85. The largest absolute Gasteiger partial charge is 0.494 e. The fourth-order valence-electron chi connectivity index (χ4n) is 4.30. The van der Waals surface area contributed by atoms with Crippen LogP contribution in [-0.2, 0) is 24.1 Å². The summed E-state index contributed by atoms with van der Waals surface area (Å²) in [5.41, 5.74) is 0.879. The van der Waals surface area contributed by atoms with Gasteiger partial charge >= 0.3 is 17.3 Å². The van der Waals surface area contributed by atoms with Crippen LogP contribution in [0.4, 0.5) is 30.8 Å². The average molecular weight is 565 g/mol. The van der Waals surface area contributed by atoms with Gasteiger partial charge in [0.15, 0.2) is 0 Å². The number of anilines is 1. The van der Waals surface area contributed by atoms with E-state index in [4.69, 9.17) is 9.31 Å². The molecule has 2 aromatic rings. The van der Waals surface area contributed by atoms with E-state index >= 15 is 0 Å². The van der Waals surface area contributed by atoms with E-state index in [-0.39, 0.29) is 11.3 Å². The molecule has 2 aliphatic rings. The second kappa shape index (κ2) is 8.85. The first-order valence-electron chi connectivity index (χ1n) is 12.0. The van der Waals surface area contributed by atoms with Crippen molar-refractivity contribution in [2.24, 2.45) is 4.36 Å². The summed E-state index contributed by atoms with van der Waals surface area (Å²) >= 11 is 0. The zero-order valence-electron chi connectivity index (χ0n) is 21.1. The van der Waals surface area contributed by atoms with Crippen molar-refractivity contribution in [2.75, 3.05) is 5.32 Å². The Morgan fingerprint density at radius 2 is 1.38 bits per heavy atom. The van der Waals surface area contributed by atoms with E-state index in [0.29, 0.717) is 49.2 Å². The Bertz CT molecular complexity index is 1210. The van der Waals surface area contributed by atoms with Crippen molar-refractivity contribution < 1.29 is 32.9 Å². The second-order valence-corrected chi connectivity index (χ2v) is 14.5. The van der Waals surface area contributed by atoms with E-state index in [2.05, 4.69) is 9.68 Å². The van der Waals surface area contributed by atoms with Crippen LogP contribution in [0.25, 0.3) is 0 Å². The first-order valence-corrected chi connectivity index (χ1v) is 15.1. The molecule has 4 rings (SSSR count). The van der Waals surface area contributed by atoms with Gasteiger partial charge in [0.25, 0.3) is 0 Å². The Kier molecular flexibility index (Phi) is 6.75. The van der Waals surface area contributed by atoms with E-state index in [9.17, 15) is 23.6 Å². The van der Waals surface area contributed by atoms with Gasteiger partial charge in [0.1, 0.15) is 4.90 Å². The maximum Gasteiger partial charge on any atom is 0.494 e. The highest BCUT2D eigenvalue weighted by Crippen LogP contribution is 3.02. The lowest BCUT2D eigenvalue weighted by Crippen LogP contribution is -2.41. The maximum absolute atomic E-state index is 12.9. The van der Waals surface area contributed by atoms with Gasteiger partial charge in [-0.1, -0.05) is 49.7 Å². The number of hydrogen-bond acceptors (Lipinski definition) is 6. The molecule has 1 heterocycles. The molecule has 1 saturated carbocycles. The molecule has 13 heteroatoms. The van der Waals surface area contributed by atoms with Crippen molar-refractivity contribution in [1.29, 1.82) is 0 Å². The number of rotatable bonds is 6. The van der Waals surface area contributed by atoms with Gasteiger partial charge in [-0.2, -0.15) is 10.6 Å². The zero-order chi connectivity index (χ0) is 27.3. The van der Waals surface area contributed by atoms with Gasteiger partial charge in [0, 0.05) is 17.4 Å². The van der Waals surface area contributed by atoms with Crippen molar-refractivity contribution in [1.82, 2.24) is 0 Å². The molecule has 0 spiro atoms. The first kappa shape index (κ1) is 28.2. The maximum atomic E-state index is 12.9. The van der Waals surface area contributed by atoms with Crippen LogP contribution >= 0.6 is 10.2 Å². The lowest BCUT2D eigenvalue weighted by atomic mass is 9.79.